The fourth-order valence-electron chi connectivity index (χ4n) is 3.76. The summed E-state index contributed by atoms with van der Waals surface area (Å²) in [4.78, 5) is 12.5. The van der Waals surface area contributed by atoms with Crippen LogP contribution >= 0.6 is 0 Å². The van der Waals surface area contributed by atoms with Crippen LogP contribution in [0.1, 0.15) is 42.9 Å². The van der Waals surface area contributed by atoms with Gasteiger partial charge in [0.25, 0.3) is 0 Å². The lowest BCUT2D eigenvalue weighted by Gasteiger charge is -2.22. The molecule has 1 heterocycles. The van der Waals surface area contributed by atoms with Crippen molar-refractivity contribution in [2.75, 3.05) is 0 Å². The number of benzene rings is 2. The van der Waals surface area contributed by atoms with Gasteiger partial charge in [0.1, 0.15) is 5.78 Å². The van der Waals surface area contributed by atoms with Crippen LogP contribution in [0.4, 0.5) is 0 Å². The van der Waals surface area contributed by atoms with Crippen LogP contribution in [0.3, 0.4) is 0 Å². The van der Waals surface area contributed by atoms with Crippen LogP contribution in [0.2, 0.25) is 0 Å². The van der Waals surface area contributed by atoms with E-state index in [4.69, 9.17) is 0 Å². The van der Waals surface area contributed by atoms with Gasteiger partial charge in [0.05, 0.1) is 5.92 Å². The Labute approximate surface area is 136 Å². The molecule has 1 aromatic heterocycles. The van der Waals surface area contributed by atoms with Crippen LogP contribution in [0.25, 0.3) is 10.9 Å². The van der Waals surface area contributed by atoms with Crippen molar-refractivity contribution in [2.45, 2.75) is 38.1 Å². The Balaban J connectivity index is 1.82. The van der Waals surface area contributed by atoms with E-state index in [2.05, 4.69) is 59.2 Å². The van der Waals surface area contributed by atoms with Crippen LogP contribution in [0, 0.1) is 0 Å². The van der Waals surface area contributed by atoms with Gasteiger partial charge in [-0.1, -0.05) is 55.0 Å². The second-order valence-electron chi connectivity index (χ2n) is 6.46. The smallest absolute Gasteiger partial charge is 0.141 e. The number of ketones is 1. The number of hydrogen-bond acceptors (Lipinski definition) is 1. The molecule has 0 spiro atoms. The number of fused-ring (bicyclic) bond motifs is 1. The minimum absolute atomic E-state index is 0.0693. The van der Waals surface area contributed by atoms with Crippen LogP contribution in [0.5, 0.6) is 0 Å². The molecule has 0 bridgehead atoms. The van der Waals surface area contributed by atoms with Gasteiger partial charge in [0.15, 0.2) is 0 Å². The Kier molecular flexibility index (Phi) is 3.74. The highest BCUT2D eigenvalue weighted by Gasteiger charge is 2.27. The van der Waals surface area contributed by atoms with Crippen molar-refractivity contribution in [3.05, 3.63) is 71.9 Å². The number of nitrogens with zero attached hydrogens (tertiary/aromatic N) is 1. The van der Waals surface area contributed by atoms with Crippen molar-refractivity contribution in [3.8, 4) is 0 Å². The zero-order valence-corrected chi connectivity index (χ0v) is 13.2. The summed E-state index contributed by atoms with van der Waals surface area (Å²) in [5.41, 5.74) is 3.70. The molecule has 1 atom stereocenters. The van der Waals surface area contributed by atoms with Crippen molar-refractivity contribution in [1.29, 1.82) is 0 Å². The van der Waals surface area contributed by atoms with Crippen molar-refractivity contribution in [1.82, 2.24) is 4.57 Å². The molecule has 1 aliphatic rings. The minimum Gasteiger partial charge on any atom is -0.339 e. The number of para-hydroxylation sites is 1. The molecule has 0 N–H and O–H groups in total. The lowest BCUT2D eigenvalue weighted by atomic mass is 9.85. The summed E-state index contributed by atoms with van der Waals surface area (Å²) < 4.78 is 2.35. The molecule has 2 heteroatoms. The number of aromatic nitrogens is 1. The van der Waals surface area contributed by atoms with Gasteiger partial charge in [-0.05, 0) is 35.9 Å². The van der Waals surface area contributed by atoms with E-state index in [1.165, 1.54) is 22.2 Å². The summed E-state index contributed by atoms with van der Waals surface area (Å²) in [6, 6.07) is 21.2. The first-order valence-electron chi connectivity index (χ1n) is 8.48. The zero-order chi connectivity index (χ0) is 15.6. The van der Waals surface area contributed by atoms with Gasteiger partial charge in [-0.15, -0.1) is 0 Å². The van der Waals surface area contributed by atoms with Gasteiger partial charge >= 0.3 is 0 Å². The topological polar surface area (TPSA) is 22.0 Å². The summed E-state index contributed by atoms with van der Waals surface area (Å²) in [5.74, 6) is 0.480. The van der Waals surface area contributed by atoms with Crippen molar-refractivity contribution < 1.29 is 4.79 Å². The van der Waals surface area contributed by atoms with Crippen LogP contribution in [-0.4, -0.2) is 10.4 Å². The Hall–Kier alpha value is -2.35. The van der Waals surface area contributed by atoms with Crippen molar-refractivity contribution >= 4 is 16.7 Å². The quantitative estimate of drug-likeness (QED) is 0.673. The molecule has 3 aromatic rings. The SMILES string of the molecule is O=C1CCCCC1c1cc2ccccc2n1Cc1ccccc1. The average molecular weight is 303 g/mol. The van der Waals surface area contributed by atoms with E-state index in [9.17, 15) is 4.79 Å². The normalized spacial score (nSPS) is 18.4. The number of carbonyl (C=O) groups excluding carboxylic acids is 1. The van der Waals surface area contributed by atoms with Gasteiger partial charge in [-0.25, -0.2) is 0 Å². The lowest BCUT2D eigenvalue weighted by molar-refractivity contribution is -0.122. The van der Waals surface area contributed by atoms with E-state index in [1.54, 1.807) is 0 Å². The number of Topliss-reactive ketones (excluding diaryl/α,β-unsaturated/α-hetero) is 1. The Morgan fingerprint density at radius 1 is 0.957 bits per heavy atom. The first-order valence-corrected chi connectivity index (χ1v) is 8.48. The number of hydrogen-bond donors (Lipinski definition) is 0. The molecule has 2 nitrogen and oxygen atoms in total. The zero-order valence-electron chi connectivity index (χ0n) is 13.2. The maximum Gasteiger partial charge on any atom is 0.141 e. The molecule has 1 aliphatic carbocycles. The number of carbonyl (C=O) groups is 1. The third-order valence-electron chi connectivity index (χ3n) is 4.94. The molecule has 23 heavy (non-hydrogen) atoms. The van der Waals surface area contributed by atoms with Gasteiger partial charge in [0.2, 0.25) is 0 Å². The van der Waals surface area contributed by atoms with E-state index < -0.39 is 0 Å². The molecule has 0 saturated heterocycles. The van der Waals surface area contributed by atoms with Gasteiger partial charge in [-0.2, -0.15) is 0 Å². The summed E-state index contributed by atoms with van der Waals surface area (Å²) in [5, 5.41) is 1.23. The highest BCUT2D eigenvalue weighted by Crippen LogP contribution is 2.34. The molecule has 1 unspecified atom stereocenters. The predicted octanol–water partition coefficient (Wildman–Crippen LogP) is 4.92. The highest BCUT2D eigenvalue weighted by atomic mass is 16.1. The molecule has 116 valence electrons. The highest BCUT2D eigenvalue weighted by molar-refractivity contribution is 5.89. The van der Waals surface area contributed by atoms with Crippen LogP contribution in [0.15, 0.2) is 60.7 Å². The largest absolute Gasteiger partial charge is 0.339 e. The fourth-order valence-corrected chi connectivity index (χ4v) is 3.76. The third kappa shape index (κ3) is 2.70. The fraction of sp³-hybridized carbons (Fsp3) is 0.286. The summed E-state index contributed by atoms with van der Waals surface area (Å²) >= 11 is 0. The lowest BCUT2D eigenvalue weighted by Crippen LogP contribution is -2.20. The second kappa shape index (κ2) is 6.04. The minimum atomic E-state index is 0.0693. The Bertz CT molecular complexity index is 831. The number of rotatable bonds is 3. The summed E-state index contributed by atoms with van der Waals surface area (Å²) in [6.45, 7) is 0.827. The van der Waals surface area contributed by atoms with E-state index >= 15 is 0 Å². The van der Waals surface area contributed by atoms with Crippen molar-refractivity contribution in [2.24, 2.45) is 0 Å². The molecule has 1 saturated carbocycles. The van der Waals surface area contributed by atoms with Gasteiger partial charge < -0.3 is 4.57 Å². The summed E-state index contributed by atoms with van der Waals surface area (Å²) in [7, 11) is 0. The maximum atomic E-state index is 12.5. The van der Waals surface area contributed by atoms with Gasteiger partial charge in [-0.3, -0.25) is 4.79 Å². The van der Waals surface area contributed by atoms with E-state index in [0.717, 1.165) is 32.2 Å². The standard InChI is InChI=1S/C21H21NO/c23-21-13-7-5-11-18(21)20-14-17-10-4-6-12-19(17)22(20)15-16-8-2-1-3-9-16/h1-4,6,8-10,12,14,18H,5,7,11,13,15H2. The van der Waals surface area contributed by atoms with E-state index in [-0.39, 0.29) is 5.92 Å². The molecule has 0 radical (unpaired) electrons. The molecule has 0 aliphatic heterocycles. The molecule has 2 aromatic carbocycles. The maximum absolute atomic E-state index is 12.5. The molecular formula is C21H21NO. The van der Waals surface area contributed by atoms with Crippen LogP contribution < -0.4 is 0 Å². The monoisotopic (exact) mass is 303 g/mol. The summed E-state index contributed by atoms with van der Waals surface area (Å²) in [6.07, 6.45) is 3.93. The van der Waals surface area contributed by atoms with E-state index in [0.29, 0.717) is 5.78 Å². The average Bonchev–Trinajstić information content (AvgIpc) is 2.95. The molecule has 1 fully saturated rings. The van der Waals surface area contributed by atoms with Crippen LogP contribution in [-0.2, 0) is 11.3 Å². The third-order valence-corrected chi connectivity index (χ3v) is 4.94. The molecule has 4 rings (SSSR count). The predicted molar refractivity (Wildman–Crippen MR) is 93.7 cm³/mol. The molecule has 0 amide bonds. The molecular weight excluding hydrogens is 282 g/mol. The van der Waals surface area contributed by atoms with Gasteiger partial charge in [0, 0.05) is 24.2 Å². The first kappa shape index (κ1) is 14.3. The van der Waals surface area contributed by atoms with Crippen molar-refractivity contribution in [3.63, 3.8) is 0 Å². The Morgan fingerprint density at radius 2 is 1.74 bits per heavy atom. The second-order valence-corrected chi connectivity index (χ2v) is 6.46. The first-order chi connectivity index (χ1) is 11.3. The Morgan fingerprint density at radius 3 is 2.57 bits per heavy atom. The van der Waals surface area contributed by atoms with E-state index in [1.807, 2.05) is 6.07 Å².